The standard InChI is InChI=1S/C12H16BrNO2/c1-8-2-3-12(16-8)11(15)5-9-4-10(13)7-14-6-9/h4,6-8,11-12,15H,2-3,5H2,1H3. The maximum atomic E-state index is 10.0. The molecule has 88 valence electrons. The number of hydrogen-bond acceptors (Lipinski definition) is 3. The van der Waals surface area contributed by atoms with Crippen LogP contribution in [0.3, 0.4) is 0 Å². The monoisotopic (exact) mass is 285 g/mol. The fraction of sp³-hybridized carbons (Fsp3) is 0.583. The molecular formula is C12H16BrNO2. The highest BCUT2D eigenvalue weighted by molar-refractivity contribution is 9.10. The molecule has 1 aliphatic heterocycles. The third-order valence-corrected chi connectivity index (χ3v) is 3.33. The van der Waals surface area contributed by atoms with Gasteiger partial charge in [0.25, 0.3) is 0 Å². The summed E-state index contributed by atoms with van der Waals surface area (Å²) < 4.78 is 6.59. The lowest BCUT2D eigenvalue weighted by molar-refractivity contribution is -0.0278. The number of nitrogens with zero attached hydrogens (tertiary/aromatic N) is 1. The molecule has 4 heteroatoms. The number of ether oxygens (including phenoxy) is 1. The molecule has 0 bridgehead atoms. The van der Waals surface area contributed by atoms with Gasteiger partial charge in [-0.25, -0.2) is 0 Å². The van der Waals surface area contributed by atoms with Crippen molar-refractivity contribution in [3.63, 3.8) is 0 Å². The van der Waals surface area contributed by atoms with Gasteiger partial charge in [0.2, 0.25) is 0 Å². The van der Waals surface area contributed by atoms with Crippen molar-refractivity contribution in [3.8, 4) is 0 Å². The van der Waals surface area contributed by atoms with E-state index >= 15 is 0 Å². The molecule has 0 radical (unpaired) electrons. The summed E-state index contributed by atoms with van der Waals surface area (Å²) in [6.07, 6.45) is 5.94. The van der Waals surface area contributed by atoms with Crippen LogP contribution in [0.1, 0.15) is 25.3 Å². The van der Waals surface area contributed by atoms with Crippen molar-refractivity contribution in [2.45, 2.75) is 44.5 Å². The first-order valence-electron chi connectivity index (χ1n) is 5.58. The lowest BCUT2D eigenvalue weighted by Gasteiger charge is -2.18. The Morgan fingerprint density at radius 3 is 3.00 bits per heavy atom. The van der Waals surface area contributed by atoms with E-state index < -0.39 is 6.10 Å². The van der Waals surface area contributed by atoms with Gasteiger partial charge in [-0.2, -0.15) is 0 Å². The van der Waals surface area contributed by atoms with Gasteiger partial charge < -0.3 is 9.84 Å². The van der Waals surface area contributed by atoms with Gasteiger partial charge in [0.1, 0.15) is 0 Å². The fourth-order valence-electron chi connectivity index (χ4n) is 2.06. The van der Waals surface area contributed by atoms with Crippen LogP contribution in [-0.2, 0) is 11.2 Å². The highest BCUT2D eigenvalue weighted by Gasteiger charge is 2.28. The first-order chi connectivity index (χ1) is 7.65. The molecule has 1 fully saturated rings. The van der Waals surface area contributed by atoms with Crippen molar-refractivity contribution < 1.29 is 9.84 Å². The van der Waals surface area contributed by atoms with Gasteiger partial charge in [-0.3, -0.25) is 4.98 Å². The SMILES string of the molecule is CC1CCC(C(O)Cc2cncc(Br)c2)O1. The zero-order chi connectivity index (χ0) is 11.5. The Bertz CT molecular complexity index is 359. The first-order valence-corrected chi connectivity index (χ1v) is 6.37. The minimum atomic E-state index is -0.430. The second-order valence-electron chi connectivity index (χ2n) is 4.35. The van der Waals surface area contributed by atoms with E-state index in [1.807, 2.05) is 13.0 Å². The van der Waals surface area contributed by atoms with E-state index in [-0.39, 0.29) is 12.2 Å². The quantitative estimate of drug-likeness (QED) is 0.927. The number of hydrogen-bond donors (Lipinski definition) is 1. The van der Waals surface area contributed by atoms with Crippen molar-refractivity contribution in [1.82, 2.24) is 4.98 Å². The van der Waals surface area contributed by atoms with Gasteiger partial charge in [-0.05, 0) is 47.3 Å². The molecular weight excluding hydrogens is 270 g/mol. The minimum Gasteiger partial charge on any atom is -0.390 e. The Labute approximate surface area is 104 Å². The van der Waals surface area contributed by atoms with Crippen LogP contribution < -0.4 is 0 Å². The summed E-state index contributed by atoms with van der Waals surface area (Å²) in [5.41, 5.74) is 1.03. The van der Waals surface area contributed by atoms with E-state index in [1.54, 1.807) is 12.4 Å². The van der Waals surface area contributed by atoms with Crippen molar-refractivity contribution in [2.75, 3.05) is 0 Å². The zero-order valence-electron chi connectivity index (χ0n) is 9.27. The van der Waals surface area contributed by atoms with Gasteiger partial charge in [-0.1, -0.05) is 0 Å². The van der Waals surface area contributed by atoms with E-state index in [0.717, 1.165) is 22.9 Å². The summed E-state index contributed by atoms with van der Waals surface area (Å²) in [5, 5.41) is 10.0. The van der Waals surface area contributed by atoms with Crippen LogP contribution in [0.4, 0.5) is 0 Å². The van der Waals surface area contributed by atoms with Crippen LogP contribution in [0.2, 0.25) is 0 Å². The van der Waals surface area contributed by atoms with E-state index in [4.69, 9.17) is 4.74 Å². The van der Waals surface area contributed by atoms with Crippen LogP contribution >= 0.6 is 15.9 Å². The summed E-state index contributed by atoms with van der Waals surface area (Å²) in [6.45, 7) is 2.05. The Morgan fingerprint density at radius 1 is 1.56 bits per heavy atom. The van der Waals surface area contributed by atoms with E-state index in [1.165, 1.54) is 0 Å². The molecule has 3 nitrogen and oxygen atoms in total. The normalized spacial score (nSPS) is 26.9. The van der Waals surface area contributed by atoms with E-state index in [2.05, 4.69) is 20.9 Å². The predicted molar refractivity (Wildman–Crippen MR) is 65.2 cm³/mol. The largest absolute Gasteiger partial charge is 0.390 e. The molecule has 16 heavy (non-hydrogen) atoms. The molecule has 1 aliphatic rings. The topological polar surface area (TPSA) is 42.4 Å². The molecule has 3 atom stereocenters. The maximum absolute atomic E-state index is 10.0. The Kier molecular flexibility index (Phi) is 3.95. The van der Waals surface area contributed by atoms with Gasteiger partial charge in [0.05, 0.1) is 18.3 Å². The summed E-state index contributed by atoms with van der Waals surface area (Å²) in [4.78, 5) is 4.08. The number of aliphatic hydroxyl groups excluding tert-OH is 1. The van der Waals surface area contributed by atoms with Gasteiger partial charge in [0.15, 0.2) is 0 Å². The summed E-state index contributed by atoms with van der Waals surface area (Å²) in [6, 6.07) is 1.98. The molecule has 0 aromatic carbocycles. The highest BCUT2D eigenvalue weighted by Crippen LogP contribution is 2.23. The number of pyridine rings is 1. The molecule has 1 aromatic rings. The number of aromatic nitrogens is 1. The second-order valence-corrected chi connectivity index (χ2v) is 5.26. The Balaban J connectivity index is 1.94. The average molecular weight is 286 g/mol. The summed E-state index contributed by atoms with van der Waals surface area (Å²) in [5.74, 6) is 0. The Morgan fingerprint density at radius 2 is 2.38 bits per heavy atom. The van der Waals surface area contributed by atoms with Crippen LogP contribution in [0.25, 0.3) is 0 Å². The molecule has 1 N–H and O–H groups in total. The number of rotatable bonds is 3. The minimum absolute atomic E-state index is 0.0195. The van der Waals surface area contributed by atoms with Crippen molar-refractivity contribution >= 4 is 15.9 Å². The summed E-state index contributed by atoms with van der Waals surface area (Å²) in [7, 11) is 0. The predicted octanol–water partition coefficient (Wildman–Crippen LogP) is 2.32. The zero-order valence-corrected chi connectivity index (χ0v) is 10.9. The smallest absolute Gasteiger partial charge is 0.0842 e. The van der Waals surface area contributed by atoms with Crippen LogP contribution in [0.5, 0.6) is 0 Å². The maximum Gasteiger partial charge on any atom is 0.0842 e. The first kappa shape index (κ1) is 12.0. The molecule has 2 heterocycles. The molecule has 3 unspecified atom stereocenters. The molecule has 0 amide bonds. The van der Waals surface area contributed by atoms with Gasteiger partial charge >= 0.3 is 0 Å². The molecule has 0 aliphatic carbocycles. The highest BCUT2D eigenvalue weighted by atomic mass is 79.9. The van der Waals surface area contributed by atoms with Gasteiger partial charge in [0, 0.05) is 23.3 Å². The van der Waals surface area contributed by atoms with Crippen LogP contribution in [-0.4, -0.2) is 28.4 Å². The van der Waals surface area contributed by atoms with Crippen molar-refractivity contribution in [1.29, 1.82) is 0 Å². The van der Waals surface area contributed by atoms with Crippen molar-refractivity contribution in [2.24, 2.45) is 0 Å². The van der Waals surface area contributed by atoms with Crippen LogP contribution in [0, 0.1) is 0 Å². The summed E-state index contributed by atoms with van der Waals surface area (Å²) >= 11 is 3.37. The lowest BCUT2D eigenvalue weighted by atomic mass is 10.0. The molecule has 1 aromatic heterocycles. The second kappa shape index (κ2) is 5.25. The average Bonchev–Trinajstić information content (AvgIpc) is 2.65. The van der Waals surface area contributed by atoms with Crippen molar-refractivity contribution in [3.05, 3.63) is 28.5 Å². The Hall–Kier alpha value is -0.450. The molecule has 2 rings (SSSR count). The molecule has 1 saturated heterocycles. The lowest BCUT2D eigenvalue weighted by Crippen LogP contribution is -2.28. The fourth-order valence-corrected chi connectivity index (χ4v) is 2.47. The molecule has 0 saturated carbocycles. The van der Waals surface area contributed by atoms with Gasteiger partial charge in [-0.15, -0.1) is 0 Å². The van der Waals surface area contributed by atoms with E-state index in [0.29, 0.717) is 6.42 Å². The van der Waals surface area contributed by atoms with Crippen LogP contribution in [0.15, 0.2) is 22.9 Å². The third kappa shape index (κ3) is 3.03. The third-order valence-electron chi connectivity index (χ3n) is 2.90. The number of halogens is 1. The number of aliphatic hydroxyl groups is 1. The molecule has 0 spiro atoms. The van der Waals surface area contributed by atoms with E-state index in [9.17, 15) is 5.11 Å².